The maximum Gasteiger partial charge on any atom is 0.323 e. The maximum absolute atomic E-state index is 12.3. The van der Waals surface area contributed by atoms with Crippen molar-refractivity contribution in [1.29, 1.82) is 0 Å². The number of aliphatic carboxylic acids is 1. The summed E-state index contributed by atoms with van der Waals surface area (Å²) in [4.78, 5) is 24.3. The average molecular weight is 304 g/mol. The first-order valence-corrected chi connectivity index (χ1v) is 6.64. The molecule has 1 aromatic heterocycles. The molecular weight excluding hydrogens is 288 g/mol. The number of methoxy groups -OCH3 is 1. The summed E-state index contributed by atoms with van der Waals surface area (Å²) in [5.41, 5.74) is 0.854. The van der Waals surface area contributed by atoms with E-state index in [1.807, 2.05) is 30.3 Å². The van der Waals surface area contributed by atoms with Crippen molar-refractivity contribution in [2.75, 3.05) is 26.8 Å². The first-order chi connectivity index (χ1) is 10.6. The van der Waals surface area contributed by atoms with Gasteiger partial charge in [0.25, 0.3) is 5.91 Å². The number of rotatable bonds is 7. The first-order valence-electron chi connectivity index (χ1n) is 6.64. The van der Waals surface area contributed by atoms with Gasteiger partial charge in [-0.15, -0.1) is 0 Å². The van der Waals surface area contributed by atoms with Crippen molar-refractivity contribution in [2.45, 2.75) is 0 Å². The third kappa shape index (κ3) is 3.92. The molecule has 2 aromatic rings. The molecule has 116 valence electrons. The van der Waals surface area contributed by atoms with Crippen LogP contribution in [0.1, 0.15) is 10.5 Å². The monoisotopic (exact) mass is 304 g/mol. The number of ether oxygens (including phenoxy) is 1. The molecule has 0 saturated carbocycles. The largest absolute Gasteiger partial charge is 0.480 e. The Labute approximate surface area is 127 Å². The lowest BCUT2D eigenvalue weighted by molar-refractivity contribution is -0.137. The first kappa shape index (κ1) is 15.7. The fourth-order valence-electron chi connectivity index (χ4n) is 1.89. The predicted molar refractivity (Wildman–Crippen MR) is 77.4 cm³/mol. The third-order valence-electron chi connectivity index (χ3n) is 2.97. The number of hydrogen-bond donors (Lipinski definition) is 1. The highest BCUT2D eigenvalue weighted by Gasteiger charge is 2.22. The second-order valence-corrected chi connectivity index (χ2v) is 4.56. The van der Waals surface area contributed by atoms with Gasteiger partial charge in [0.15, 0.2) is 11.5 Å². The minimum Gasteiger partial charge on any atom is -0.480 e. The molecule has 0 aliphatic rings. The van der Waals surface area contributed by atoms with Crippen molar-refractivity contribution in [3.05, 3.63) is 42.1 Å². The Morgan fingerprint density at radius 2 is 2.05 bits per heavy atom. The number of carboxylic acids is 1. The minimum absolute atomic E-state index is 0.0659. The van der Waals surface area contributed by atoms with Crippen LogP contribution in [0, 0.1) is 0 Å². The van der Waals surface area contributed by atoms with Crippen LogP contribution in [0.15, 0.2) is 40.9 Å². The lowest BCUT2D eigenvalue weighted by atomic mass is 10.1. The minimum atomic E-state index is -1.10. The number of aromatic nitrogens is 1. The zero-order valence-corrected chi connectivity index (χ0v) is 12.1. The van der Waals surface area contributed by atoms with Gasteiger partial charge in [-0.25, -0.2) is 0 Å². The van der Waals surface area contributed by atoms with Gasteiger partial charge in [0.1, 0.15) is 6.54 Å². The number of carbonyl (C=O) groups is 2. The Morgan fingerprint density at radius 3 is 2.68 bits per heavy atom. The number of hydrogen-bond acceptors (Lipinski definition) is 5. The molecule has 1 aromatic carbocycles. The van der Waals surface area contributed by atoms with E-state index in [1.54, 1.807) is 0 Å². The van der Waals surface area contributed by atoms with E-state index in [1.165, 1.54) is 13.2 Å². The van der Waals surface area contributed by atoms with Crippen molar-refractivity contribution >= 4 is 11.9 Å². The number of carboxylic acid groups (broad SMARTS) is 1. The molecule has 0 bridgehead atoms. The van der Waals surface area contributed by atoms with Gasteiger partial charge in [-0.05, 0) is 0 Å². The van der Waals surface area contributed by atoms with E-state index in [-0.39, 0.29) is 18.8 Å². The van der Waals surface area contributed by atoms with Gasteiger partial charge in [0, 0.05) is 25.3 Å². The molecule has 0 aliphatic heterocycles. The van der Waals surface area contributed by atoms with Crippen LogP contribution >= 0.6 is 0 Å². The van der Waals surface area contributed by atoms with E-state index in [4.69, 9.17) is 14.4 Å². The van der Waals surface area contributed by atoms with E-state index in [0.29, 0.717) is 5.76 Å². The third-order valence-corrected chi connectivity index (χ3v) is 2.97. The van der Waals surface area contributed by atoms with Crippen LogP contribution in [0.4, 0.5) is 0 Å². The highest BCUT2D eigenvalue weighted by molar-refractivity contribution is 5.94. The standard InChI is InChI=1S/C15H16N2O5/c1-21-8-7-17(10-14(18)19)15(20)12-9-13(22-16-12)11-5-3-2-4-6-11/h2-6,9H,7-8,10H2,1H3,(H,18,19). The van der Waals surface area contributed by atoms with Gasteiger partial charge >= 0.3 is 5.97 Å². The van der Waals surface area contributed by atoms with Crippen molar-refractivity contribution in [2.24, 2.45) is 0 Å². The van der Waals surface area contributed by atoms with Crippen molar-refractivity contribution in [3.8, 4) is 11.3 Å². The molecule has 0 atom stereocenters. The molecule has 1 heterocycles. The molecule has 0 fully saturated rings. The molecule has 0 unspecified atom stereocenters. The smallest absolute Gasteiger partial charge is 0.323 e. The van der Waals surface area contributed by atoms with Gasteiger partial charge in [0.05, 0.1) is 6.61 Å². The van der Waals surface area contributed by atoms with Gasteiger partial charge in [-0.2, -0.15) is 0 Å². The summed E-state index contributed by atoms with van der Waals surface area (Å²) in [5.74, 6) is -1.16. The van der Waals surface area contributed by atoms with E-state index in [2.05, 4.69) is 5.16 Å². The molecule has 0 radical (unpaired) electrons. The highest BCUT2D eigenvalue weighted by atomic mass is 16.5. The number of carbonyl (C=O) groups excluding carboxylic acids is 1. The lowest BCUT2D eigenvalue weighted by Crippen LogP contribution is -2.38. The summed E-state index contributed by atoms with van der Waals surface area (Å²) in [6.07, 6.45) is 0. The number of nitrogens with zero attached hydrogens (tertiary/aromatic N) is 2. The molecule has 22 heavy (non-hydrogen) atoms. The summed E-state index contributed by atoms with van der Waals surface area (Å²) >= 11 is 0. The van der Waals surface area contributed by atoms with Gasteiger partial charge in [-0.1, -0.05) is 35.5 Å². The van der Waals surface area contributed by atoms with Gasteiger partial charge in [0.2, 0.25) is 0 Å². The molecule has 1 amide bonds. The Hall–Kier alpha value is -2.67. The van der Waals surface area contributed by atoms with E-state index in [9.17, 15) is 9.59 Å². The van der Waals surface area contributed by atoms with Crippen LogP contribution in [0.5, 0.6) is 0 Å². The van der Waals surface area contributed by atoms with Crippen LogP contribution in [0.2, 0.25) is 0 Å². The second-order valence-electron chi connectivity index (χ2n) is 4.56. The summed E-state index contributed by atoms with van der Waals surface area (Å²) in [6, 6.07) is 10.7. The van der Waals surface area contributed by atoms with Gasteiger partial charge in [-0.3, -0.25) is 9.59 Å². The normalized spacial score (nSPS) is 10.4. The molecule has 7 nitrogen and oxygen atoms in total. The Balaban J connectivity index is 2.16. The van der Waals surface area contributed by atoms with E-state index in [0.717, 1.165) is 10.5 Å². The van der Waals surface area contributed by atoms with Crippen molar-refractivity contribution in [3.63, 3.8) is 0 Å². The number of benzene rings is 1. The highest BCUT2D eigenvalue weighted by Crippen LogP contribution is 2.20. The summed E-state index contributed by atoms with van der Waals surface area (Å²) in [6.45, 7) is -0.0205. The quantitative estimate of drug-likeness (QED) is 0.833. The average Bonchev–Trinajstić information content (AvgIpc) is 3.01. The van der Waals surface area contributed by atoms with E-state index < -0.39 is 18.4 Å². The molecule has 0 aliphatic carbocycles. The van der Waals surface area contributed by atoms with Crippen LogP contribution in [0.3, 0.4) is 0 Å². The molecule has 0 saturated heterocycles. The molecule has 0 spiro atoms. The van der Waals surface area contributed by atoms with Crippen LogP contribution in [-0.4, -0.2) is 53.8 Å². The van der Waals surface area contributed by atoms with Gasteiger partial charge < -0.3 is 19.3 Å². The predicted octanol–water partition coefficient (Wildman–Crippen LogP) is 1.51. The summed E-state index contributed by atoms with van der Waals surface area (Å²) in [5, 5.41) is 12.6. The summed E-state index contributed by atoms with van der Waals surface area (Å²) in [7, 11) is 1.48. The maximum atomic E-state index is 12.3. The Kier molecular flexibility index (Phi) is 5.26. The van der Waals surface area contributed by atoms with Crippen molar-refractivity contribution in [1.82, 2.24) is 10.1 Å². The molecule has 2 rings (SSSR count). The second kappa shape index (κ2) is 7.37. The Morgan fingerprint density at radius 1 is 1.32 bits per heavy atom. The van der Waals surface area contributed by atoms with Crippen LogP contribution in [-0.2, 0) is 9.53 Å². The molecule has 1 N–H and O–H groups in total. The Bertz CT molecular complexity index is 638. The zero-order valence-electron chi connectivity index (χ0n) is 12.1. The van der Waals surface area contributed by atoms with E-state index >= 15 is 0 Å². The topological polar surface area (TPSA) is 92.9 Å². The zero-order chi connectivity index (χ0) is 15.9. The van der Waals surface area contributed by atoms with Crippen LogP contribution < -0.4 is 0 Å². The van der Waals surface area contributed by atoms with Crippen molar-refractivity contribution < 1.29 is 24.0 Å². The van der Waals surface area contributed by atoms with Crippen LogP contribution in [0.25, 0.3) is 11.3 Å². The summed E-state index contributed by atoms with van der Waals surface area (Å²) < 4.78 is 10.0. The fraction of sp³-hybridized carbons (Fsp3) is 0.267. The molecule has 7 heteroatoms. The SMILES string of the molecule is COCCN(CC(=O)O)C(=O)c1cc(-c2ccccc2)on1. The fourth-order valence-corrected chi connectivity index (χ4v) is 1.89. The lowest BCUT2D eigenvalue weighted by Gasteiger charge is -2.18. The molecular formula is C15H16N2O5. The number of amides is 1.